The number of halogens is 4. The number of benzene rings is 1. The Balaban J connectivity index is 3.07. The second-order valence-corrected chi connectivity index (χ2v) is 5.88. The molecule has 1 unspecified atom stereocenters. The van der Waals surface area contributed by atoms with E-state index in [4.69, 9.17) is 4.74 Å². The van der Waals surface area contributed by atoms with E-state index in [2.05, 4.69) is 21.2 Å². The van der Waals surface area contributed by atoms with Crippen LogP contribution in [0.4, 0.5) is 13.2 Å². The van der Waals surface area contributed by atoms with Gasteiger partial charge >= 0.3 is 6.18 Å². The number of amides is 1. The van der Waals surface area contributed by atoms with E-state index in [0.717, 1.165) is 12.1 Å². The first kappa shape index (κ1) is 18.0. The van der Waals surface area contributed by atoms with Crippen molar-refractivity contribution in [2.24, 2.45) is 5.92 Å². The fourth-order valence-corrected chi connectivity index (χ4v) is 2.14. The van der Waals surface area contributed by atoms with Crippen LogP contribution >= 0.6 is 15.9 Å². The Bertz CT molecular complexity index is 503. The van der Waals surface area contributed by atoms with Crippen LogP contribution in [-0.2, 0) is 10.9 Å². The number of hydrogen-bond donors (Lipinski definition) is 1. The Labute approximate surface area is 130 Å². The molecule has 0 bridgehead atoms. The maximum atomic E-state index is 13.0. The third-order valence-electron chi connectivity index (χ3n) is 3.00. The van der Waals surface area contributed by atoms with Gasteiger partial charge in [0, 0.05) is 11.6 Å². The van der Waals surface area contributed by atoms with Crippen LogP contribution in [0.15, 0.2) is 22.7 Å². The number of ether oxygens (including phenoxy) is 1. The van der Waals surface area contributed by atoms with Crippen LogP contribution in [0.1, 0.15) is 29.8 Å². The predicted octanol–water partition coefficient (Wildman–Crippen LogP) is 3.87. The molecule has 0 radical (unpaired) electrons. The quantitative estimate of drug-likeness (QED) is 0.857. The van der Waals surface area contributed by atoms with Crippen molar-refractivity contribution in [3.05, 3.63) is 33.8 Å². The summed E-state index contributed by atoms with van der Waals surface area (Å²) < 4.78 is 44.3. The van der Waals surface area contributed by atoms with Gasteiger partial charge in [0.2, 0.25) is 0 Å². The standard InChI is InChI=1S/C14H17BrF3NO2/c1-8(2)12(7-21-3)19-13(20)10-5-4-9(15)6-11(10)14(16,17)18/h4-6,8,12H,7H2,1-3H3,(H,19,20). The molecule has 118 valence electrons. The van der Waals surface area contributed by atoms with Crippen molar-refractivity contribution >= 4 is 21.8 Å². The second kappa shape index (κ2) is 7.26. The van der Waals surface area contributed by atoms with Gasteiger partial charge in [0.15, 0.2) is 0 Å². The van der Waals surface area contributed by atoms with Gasteiger partial charge in [-0.25, -0.2) is 0 Å². The molecule has 3 nitrogen and oxygen atoms in total. The van der Waals surface area contributed by atoms with Crippen LogP contribution in [0.25, 0.3) is 0 Å². The van der Waals surface area contributed by atoms with E-state index in [-0.39, 0.29) is 23.0 Å². The van der Waals surface area contributed by atoms with E-state index in [1.54, 1.807) is 0 Å². The number of methoxy groups -OCH3 is 1. The first-order valence-corrected chi connectivity index (χ1v) is 7.12. The third-order valence-corrected chi connectivity index (χ3v) is 3.49. The summed E-state index contributed by atoms with van der Waals surface area (Å²) >= 11 is 2.99. The molecule has 1 aromatic rings. The molecule has 1 amide bonds. The summed E-state index contributed by atoms with van der Waals surface area (Å²) in [5.74, 6) is -0.718. The largest absolute Gasteiger partial charge is 0.417 e. The molecule has 1 atom stereocenters. The molecule has 0 aliphatic rings. The summed E-state index contributed by atoms with van der Waals surface area (Å²) in [5.41, 5.74) is -1.36. The number of nitrogens with one attached hydrogen (secondary N) is 1. The van der Waals surface area contributed by atoms with Crippen molar-refractivity contribution in [2.75, 3.05) is 13.7 Å². The summed E-state index contributed by atoms with van der Waals surface area (Å²) in [7, 11) is 1.47. The van der Waals surface area contributed by atoms with Gasteiger partial charge in [-0.2, -0.15) is 13.2 Å². The van der Waals surface area contributed by atoms with Gasteiger partial charge in [-0.05, 0) is 24.1 Å². The average molecular weight is 368 g/mol. The monoisotopic (exact) mass is 367 g/mol. The molecule has 21 heavy (non-hydrogen) atoms. The summed E-state index contributed by atoms with van der Waals surface area (Å²) in [6.45, 7) is 3.95. The lowest BCUT2D eigenvalue weighted by Crippen LogP contribution is -2.42. The minimum absolute atomic E-state index is 0.0404. The van der Waals surface area contributed by atoms with E-state index in [1.165, 1.54) is 13.2 Å². The Morgan fingerprint density at radius 3 is 2.48 bits per heavy atom. The van der Waals surface area contributed by atoms with Gasteiger partial charge in [0.1, 0.15) is 0 Å². The number of carbonyl (C=O) groups excluding carboxylic acids is 1. The van der Waals surface area contributed by atoms with Crippen LogP contribution in [0.2, 0.25) is 0 Å². The molecule has 7 heteroatoms. The van der Waals surface area contributed by atoms with Crippen molar-refractivity contribution in [3.8, 4) is 0 Å². The maximum Gasteiger partial charge on any atom is 0.417 e. The Morgan fingerprint density at radius 2 is 2.00 bits per heavy atom. The highest BCUT2D eigenvalue weighted by atomic mass is 79.9. The van der Waals surface area contributed by atoms with Crippen molar-refractivity contribution in [3.63, 3.8) is 0 Å². The van der Waals surface area contributed by atoms with Crippen molar-refractivity contribution in [2.45, 2.75) is 26.1 Å². The summed E-state index contributed by atoms with van der Waals surface area (Å²) in [5, 5.41) is 2.59. The number of rotatable bonds is 5. The molecule has 0 heterocycles. The molecule has 0 aliphatic carbocycles. The van der Waals surface area contributed by atoms with E-state index in [1.807, 2.05) is 13.8 Å². The first-order chi connectivity index (χ1) is 9.66. The highest BCUT2D eigenvalue weighted by molar-refractivity contribution is 9.10. The minimum atomic E-state index is -4.59. The van der Waals surface area contributed by atoms with Gasteiger partial charge in [-0.3, -0.25) is 4.79 Å². The molecule has 0 aliphatic heterocycles. The molecule has 1 rings (SSSR count). The number of alkyl halides is 3. The lowest BCUT2D eigenvalue weighted by Gasteiger charge is -2.22. The van der Waals surface area contributed by atoms with Gasteiger partial charge in [-0.15, -0.1) is 0 Å². The summed E-state index contributed by atoms with van der Waals surface area (Å²) in [6, 6.07) is 3.11. The zero-order chi connectivity index (χ0) is 16.2. The zero-order valence-electron chi connectivity index (χ0n) is 11.9. The normalized spacial score (nSPS) is 13.3. The van der Waals surface area contributed by atoms with Gasteiger partial charge in [0.05, 0.1) is 23.8 Å². The van der Waals surface area contributed by atoms with Crippen LogP contribution in [0, 0.1) is 5.92 Å². The highest BCUT2D eigenvalue weighted by Crippen LogP contribution is 2.33. The van der Waals surface area contributed by atoms with E-state index in [0.29, 0.717) is 0 Å². The molecular weight excluding hydrogens is 351 g/mol. The molecule has 1 N–H and O–H groups in total. The zero-order valence-corrected chi connectivity index (χ0v) is 13.5. The third kappa shape index (κ3) is 5.00. The Morgan fingerprint density at radius 1 is 1.38 bits per heavy atom. The molecule has 0 fully saturated rings. The SMILES string of the molecule is COCC(NC(=O)c1ccc(Br)cc1C(F)(F)F)C(C)C. The lowest BCUT2D eigenvalue weighted by molar-refractivity contribution is -0.138. The Hall–Kier alpha value is -1.08. The van der Waals surface area contributed by atoms with Crippen LogP contribution < -0.4 is 5.32 Å². The smallest absolute Gasteiger partial charge is 0.383 e. The summed E-state index contributed by atoms with van der Waals surface area (Å²) in [4.78, 5) is 12.1. The topological polar surface area (TPSA) is 38.3 Å². The van der Waals surface area contributed by atoms with Crippen LogP contribution in [0.5, 0.6) is 0 Å². The summed E-state index contributed by atoms with van der Waals surface area (Å²) in [6.07, 6.45) is -4.59. The first-order valence-electron chi connectivity index (χ1n) is 6.33. The molecule has 1 aromatic carbocycles. The van der Waals surface area contributed by atoms with Gasteiger partial charge in [0.25, 0.3) is 5.91 Å². The molecule has 0 spiro atoms. The fraction of sp³-hybridized carbons (Fsp3) is 0.500. The number of carbonyl (C=O) groups is 1. The van der Waals surface area contributed by atoms with Gasteiger partial charge in [-0.1, -0.05) is 29.8 Å². The molecule has 0 saturated carbocycles. The molecule has 0 aromatic heterocycles. The van der Waals surface area contributed by atoms with Gasteiger partial charge < -0.3 is 10.1 Å². The van der Waals surface area contributed by atoms with Crippen molar-refractivity contribution in [1.29, 1.82) is 0 Å². The van der Waals surface area contributed by atoms with Crippen LogP contribution in [-0.4, -0.2) is 25.7 Å². The Kier molecular flexibility index (Phi) is 6.22. The second-order valence-electron chi connectivity index (χ2n) is 4.97. The highest BCUT2D eigenvalue weighted by Gasteiger charge is 2.35. The molecule has 0 saturated heterocycles. The lowest BCUT2D eigenvalue weighted by atomic mass is 10.0. The van der Waals surface area contributed by atoms with E-state index < -0.39 is 23.2 Å². The fourth-order valence-electron chi connectivity index (χ4n) is 1.78. The van der Waals surface area contributed by atoms with Crippen molar-refractivity contribution < 1.29 is 22.7 Å². The predicted molar refractivity (Wildman–Crippen MR) is 77.1 cm³/mol. The van der Waals surface area contributed by atoms with E-state index >= 15 is 0 Å². The van der Waals surface area contributed by atoms with E-state index in [9.17, 15) is 18.0 Å². The number of hydrogen-bond acceptors (Lipinski definition) is 2. The van der Waals surface area contributed by atoms with Crippen molar-refractivity contribution in [1.82, 2.24) is 5.32 Å². The van der Waals surface area contributed by atoms with Crippen LogP contribution in [0.3, 0.4) is 0 Å². The average Bonchev–Trinajstić information content (AvgIpc) is 2.36. The maximum absolute atomic E-state index is 13.0. The minimum Gasteiger partial charge on any atom is -0.383 e. The molecular formula is C14H17BrF3NO2.